The number of non-ortho nitro benzene ring substituents is 1. The van der Waals surface area contributed by atoms with Gasteiger partial charge in [0.15, 0.2) is 0 Å². The maximum absolute atomic E-state index is 10.6. The second kappa shape index (κ2) is 5.71. The van der Waals surface area contributed by atoms with Crippen molar-refractivity contribution >= 4 is 49.3 Å². The highest BCUT2D eigenvalue weighted by Crippen LogP contribution is 2.34. The molecule has 2 unspecified atom stereocenters. The third-order valence-corrected chi connectivity index (χ3v) is 6.35. The zero-order valence-electron chi connectivity index (χ0n) is 8.94. The van der Waals surface area contributed by atoms with Crippen LogP contribution in [-0.2, 0) is 6.42 Å². The third kappa shape index (κ3) is 3.23. The van der Waals surface area contributed by atoms with E-state index in [-0.39, 0.29) is 10.6 Å². The van der Waals surface area contributed by atoms with Crippen molar-refractivity contribution in [3.63, 3.8) is 0 Å². The molecule has 1 aliphatic rings. The monoisotopic (exact) mass is 379 g/mol. The van der Waals surface area contributed by atoms with Gasteiger partial charge in [-0.25, -0.2) is 0 Å². The van der Waals surface area contributed by atoms with Gasteiger partial charge in [0.2, 0.25) is 0 Å². The first kappa shape index (κ1) is 13.4. The number of rotatable bonds is 3. The molecule has 0 N–H and O–H groups in total. The first-order valence-corrected chi connectivity index (χ1v) is 8.09. The van der Waals surface area contributed by atoms with Crippen molar-refractivity contribution in [3.8, 4) is 0 Å². The van der Waals surface area contributed by atoms with Gasteiger partial charge < -0.3 is 0 Å². The van der Waals surface area contributed by atoms with Crippen LogP contribution in [0.25, 0.3) is 0 Å². The van der Waals surface area contributed by atoms with E-state index in [0.717, 1.165) is 28.0 Å². The Bertz CT molecular complexity index is 441. The van der Waals surface area contributed by atoms with E-state index < -0.39 is 0 Å². The highest BCUT2D eigenvalue weighted by Gasteiger charge is 2.26. The number of hydrogen-bond acceptors (Lipinski definition) is 3. The number of benzene rings is 1. The Morgan fingerprint density at radius 2 is 2.24 bits per heavy atom. The van der Waals surface area contributed by atoms with Gasteiger partial charge in [0.05, 0.1) is 4.92 Å². The van der Waals surface area contributed by atoms with Gasteiger partial charge in [0.1, 0.15) is 0 Å². The minimum absolute atomic E-state index is 0.136. The second-order valence-corrected chi connectivity index (χ2v) is 7.16. The number of nitro groups is 1. The van der Waals surface area contributed by atoms with Gasteiger partial charge >= 0.3 is 0 Å². The Hall–Kier alpha value is -0.0700. The number of hydrogen-bond donors (Lipinski definition) is 0. The summed E-state index contributed by atoms with van der Waals surface area (Å²) in [6, 6.07) is 5.01. The van der Waals surface area contributed by atoms with Gasteiger partial charge in [-0.2, -0.15) is 11.8 Å². The summed E-state index contributed by atoms with van der Waals surface area (Å²) in [6.45, 7) is 0. The predicted molar refractivity (Wildman–Crippen MR) is 78.0 cm³/mol. The lowest BCUT2D eigenvalue weighted by molar-refractivity contribution is -0.384. The molecule has 0 amide bonds. The van der Waals surface area contributed by atoms with Crippen LogP contribution in [0.1, 0.15) is 5.56 Å². The lowest BCUT2D eigenvalue weighted by atomic mass is 9.99. The van der Waals surface area contributed by atoms with E-state index in [2.05, 4.69) is 31.9 Å². The summed E-state index contributed by atoms with van der Waals surface area (Å²) in [7, 11) is 0. The zero-order chi connectivity index (χ0) is 12.4. The van der Waals surface area contributed by atoms with Crippen LogP contribution in [0.15, 0.2) is 22.7 Å². The molecular weight excluding hydrogens is 370 g/mol. The fourth-order valence-electron chi connectivity index (χ4n) is 1.86. The van der Waals surface area contributed by atoms with Crippen LogP contribution in [0.4, 0.5) is 5.69 Å². The summed E-state index contributed by atoms with van der Waals surface area (Å²) in [5.74, 6) is 2.91. The summed E-state index contributed by atoms with van der Waals surface area (Å²) < 4.78 is 0.836. The molecule has 1 aromatic carbocycles. The summed E-state index contributed by atoms with van der Waals surface area (Å²) >= 11 is 9.05. The molecule has 1 aliphatic heterocycles. The number of nitrogens with zero attached hydrogens (tertiary/aromatic N) is 1. The predicted octanol–water partition coefficient (Wildman–Crippen LogP) is 4.03. The molecule has 0 saturated carbocycles. The summed E-state index contributed by atoms with van der Waals surface area (Å²) in [5, 5.41) is 10.6. The highest BCUT2D eigenvalue weighted by molar-refractivity contribution is 9.10. The Morgan fingerprint density at radius 3 is 2.76 bits per heavy atom. The van der Waals surface area contributed by atoms with Crippen molar-refractivity contribution in [2.45, 2.75) is 11.2 Å². The molecule has 1 aromatic rings. The van der Waals surface area contributed by atoms with Crippen LogP contribution >= 0.6 is 43.6 Å². The average Bonchev–Trinajstić information content (AvgIpc) is 2.67. The molecule has 1 fully saturated rings. The maximum Gasteiger partial charge on any atom is 0.270 e. The lowest BCUT2D eigenvalue weighted by Gasteiger charge is -2.13. The minimum Gasteiger partial charge on any atom is -0.258 e. The largest absolute Gasteiger partial charge is 0.270 e. The van der Waals surface area contributed by atoms with Crippen molar-refractivity contribution in [2.75, 3.05) is 11.5 Å². The molecule has 0 spiro atoms. The third-order valence-electron chi connectivity index (χ3n) is 2.85. The van der Waals surface area contributed by atoms with Crippen molar-refractivity contribution in [1.29, 1.82) is 0 Å². The Morgan fingerprint density at radius 1 is 1.47 bits per heavy atom. The Balaban J connectivity index is 2.14. The quantitative estimate of drug-likeness (QED) is 0.451. The van der Waals surface area contributed by atoms with Crippen LogP contribution in [0.3, 0.4) is 0 Å². The molecule has 0 aromatic heterocycles. The van der Waals surface area contributed by atoms with Crippen molar-refractivity contribution in [2.24, 2.45) is 5.92 Å². The standard InChI is InChI=1S/C11H11Br2NO2S/c12-10-4-9(14(15)16)2-1-7(10)3-8-5-17-6-11(8)13/h1-2,4,8,11H,3,5-6H2. The normalized spacial score (nSPS) is 23.9. The number of halogens is 2. The zero-order valence-corrected chi connectivity index (χ0v) is 12.9. The molecule has 6 heteroatoms. The van der Waals surface area contributed by atoms with Crippen molar-refractivity contribution in [3.05, 3.63) is 38.3 Å². The number of alkyl halides is 1. The Labute approximate surface area is 121 Å². The molecule has 0 bridgehead atoms. The van der Waals surface area contributed by atoms with Crippen LogP contribution in [-0.4, -0.2) is 21.3 Å². The molecule has 17 heavy (non-hydrogen) atoms. The molecule has 1 saturated heterocycles. The van der Waals surface area contributed by atoms with Crippen molar-refractivity contribution < 1.29 is 4.92 Å². The molecule has 3 nitrogen and oxygen atoms in total. The minimum atomic E-state index is -0.368. The number of nitro benzene ring substituents is 1. The maximum atomic E-state index is 10.6. The fourth-order valence-corrected chi connectivity index (χ4v) is 4.85. The highest BCUT2D eigenvalue weighted by atomic mass is 79.9. The van der Waals surface area contributed by atoms with E-state index >= 15 is 0 Å². The molecule has 0 radical (unpaired) electrons. The topological polar surface area (TPSA) is 43.1 Å². The summed E-state index contributed by atoms with van der Waals surface area (Å²) in [4.78, 5) is 10.8. The smallest absolute Gasteiger partial charge is 0.258 e. The van der Waals surface area contributed by atoms with E-state index in [1.807, 2.05) is 17.8 Å². The van der Waals surface area contributed by atoms with Crippen LogP contribution in [0, 0.1) is 16.0 Å². The van der Waals surface area contributed by atoms with Crippen LogP contribution in [0.2, 0.25) is 0 Å². The van der Waals surface area contributed by atoms with Gasteiger partial charge in [0.25, 0.3) is 5.69 Å². The van der Waals surface area contributed by atoms with Gasteiger partial charge in [-0.3, -0.25) is 10.1 Å². The van der Waals surface area contributed by atoms with E-state index in [0.29, 0.717) is 10.7 Å². The molecular formula is C11H11Br2NO2S. The van der Waals surface area contributed by atoms with E-state index in [4.69, 9.17) is 0 Å². The first-order chi connectivity index (χ1) is 8.08. The van der Waals surface area contributed by atoms with E-state index in [9.17, 15) is 10.1 Å². The number of thioether (sulfide) groups is 1. The lowest BCUT2D eigenvalue weighted by Crippen LogP contribution is -2.14. The molecule has 0 aliphatic carbocycles. The second-order valence-electron chi connectivity index (χ2n) is 4.05. The molecule has 2 atom stereocenters. The SMILES string of the molecule is O=[N+]([O-])c1ccc(CC2CSCC2Br)c(Br)c1. The van der Waals surface area contributed by atoms with Gasteiger partial charge in [0, 0.05) is 27.2 Å². The Kier molecular flexibility index (Phi) is 4.49. The first-order valence-electron chi connectivity index (χ1n) is 5.22. The van der Waals surface area contributed by atoms with Gasteiger partial charge in [-0.05, 0) is 23.7 Å². The van der Waals surface area contributed by atoms with E-state index in [1.54, 1.807) is 12.1 Å². The molecule has 92 valence electrons. The van der Waals surface area contributed by atoms with E-state index in [1.165, 1.54) is 0 Å². The van der Waals surface area contributed by atoms with Crippen LogP contribution in [0.5, 0.6) is 0 Å². The molecule has 1 heterocycles. The molecule has 2 rings (SSSR count). The summed E-state index contributed by atoms with van der Waals surface area (Å²) in [5.41, 5.74) is 1.28. The summed E-state index contributed by atoms with van der Waals surface area (Å²) in [6.07, 6.45) is 0.960. The average molecular weight is 381 g/mol. The fraction of sp³-hybridized carbons (Fsp3) is 0.455. The van der Waals surface area contributed by atoms with Crippen molar-refractivity contribution in [1.82, 2.24) is 0 Å². The van der Waals surface area contributed by atoms with Gasteiger partial charge in [-0.1, -0.05) is 37.9 Å². The van der Waals surface area contributed by atoms with Gasteiger partial charge in [-0.15, -0.1) is 0 Å². The van der Waals surface area contributed by atoms with Crippen LogP contribution < -0.4 is 0 Å².